The van der Waals surface area contributed by atoms with E-state index in [1.165, 1.54) is 6.42 Å². The molecule has 2 bridgehead atoms. The van der Waals surface area contributed by atoms with Gasteiger partial charge in [0.15, 0.2) is 0 Å². The molecule has 0 spiro atoms. The first-order chi connectivity index (χ1) is 8.00. The molecular weight excluding hydrogens is 202 g/mol. The van der Waals surface area contributed by atoms with Crippen LogP contribution in [0.25, 0.3) is 0 Å². The predicted octanol–water partition coefficient (Wildman–Crippen LogP) is 2.49. The van der Waals surface area contributed by atoms with Gasteiger partial charge in [-0.3, -0.25) is 0 Å². The number of rotatable bonds is 2. The molecule has 5 unspecified atom stereocenters. The van der Waals surface area contributed by atoms with Crippen molar-refractivity contribution in [2.75, 3.05) is 0 Å². The molecule has 0 aliphatic heterocycles. The molecule has 2 heteroatoms. The predicted molar refractivity (Wildman–Crippen MR) is 79.8 cm³/mol. The monoisotopic (exact) mass is 230 g/mol. The molecule has 3 rings (SSSR count). The molecule has 0 N–H and O–H groups in total. The molecule has 0 aromatic rings. The summed E-state index contributed by atoms with van der Waals surface area (Å²) < 4.78 is 0. The van der Waals surface area contributed by atoms with E-state index in [0.29, 0.717) is 5.21 Å². The van der Waals surface area contributed by atoms with E-state index in [2.05, 4.69) is 29.5 Å². The lowest BCUT2D eigenvalue weighted by Gasteiger charge is -2.47. The van der Waals surface area contributed by atoms with Crippen molar-refractivity contribution in [2.45, 2.75) is 57.6 Å². The highest BCUT2D eigenvalue weighted by atomic mass is 14.5. The molecular formula is C15H28B2. The van der Waals surface area contributed by atoms with Crippen LogP contribution in [0, 0.1) is 35.5 Å². The van der Waals surface area contributed by atoms with E-state index in [1.807, 2.05) is 0 Å². The van der Waals surface area contributed by atoms with Gasteiger partial charge in [0.2, 0.25) is 0 Å². The van der Waals surface area contributed by atoms with Crippen molar-refractivity contribution < 1.29 is 0 Å². The van der Waals surface area contributed by atoms with E-state index in [4.69, 9.17) is 0 Å². The minimum atomic E-state index is 0.562. The first-order valence-electron chi connectivity index (χ1n) is 8.00. The van der Waals surface area contributed by atoms with E-state index in [9.17, 15) is 0 Å². The maximum absolute atomic E-state index is 2.52. The molecule has 5 atom stereocenters. The Morgan fingerprint density at radius 1 is 0.882 bits per heavy atom. The summed E-state index contributed by atoms with van der Waals surface area (Å²) in [6, 6.07) is 0. The van der Waals surface area contributed by atoms with Gasteiger partial charge in [0.25, 0.3) is 0 Å². The highest BCUT2D eigenvalue weighted by Gasteiger charge is 2.51. The number of hydrogen-bond acceptors (Lipinski definition) is 0. The van der Waals surface area contributed by atoms with Crippen LogP contribution in [0.3, 0.4) is 0 Å². The highest BCUT2D eigenvalue weighted by molar-refractivity contribution is 6.40. The van der Waals surface area contributed by atoms with Crippen molar-refractivity contribution in [3.05, 3.63) is 0 Å². The summed E-state index contributed by atoms with van der Waals surface area (Å²) in [5.41, 5.74) is 0. The molecule has 3 fully saturated rings. The van der Waals surface area contributed by atoms with Crippen molar-refractivity contribution in [3.63, 3.8) is 0 Å². The minimum absolute atomic E-state index is 0.562. The standard InChI is InChI=1S/C15H28B2/c1-9(2)15(16,17)12-5-6-13-10-3-4-11(7-10)14(13)8-12/h9-14H,3-8,16-17H2,1-2H3. The van der Waals surface area contributed by atoms with Crippen LogP contribution in [-0.2, 0) is 0 Å². The lowest BCUT2D eigenvalue weighted by molar-refractivity contribution is 0.103. The maximum atomic E-state index is 2.52. The van der Waals surface area contributed by atoms with Gasteiger partial charge in [0, 0.05) is 0 Å². The number of fused-ring (bicyclic) bond motifs is 5. The van der Waals surface area contributed by atoms with E-state index in [-0.39, 0.29) is 0 Å². The average Bonchev–Trinajstić information content (AvgIpc) is 2.89. The molecule has 0 aromatic carbocycles. The minimum Gasteiger partial charge on any atom is -0.0796 e. The molecule has 0 heterocycles. The van der Waals surface area contributed by atoms with Gasteiger partial charge < -0.3 is 0 Å². The molecule has 3 aliphatic rings. The van der Waals surface area contributed by atoms with Crippen LogP contribution in [0.15, 0.2) is 0 Å². The largest absolute Gasteiger partial charge is 0.0998 e. The summed E-state index contributed by atoms with van der Waals surface area (Å²) in [5, 5.41) is 0.562. The molecule has 0 amide bonds. The Morgan fingerprint density at radius 3 is 2.18 bits per heavy atom. The van der Waals surface area contributed by atoms with E-state index in [1.54, 1.807) is 32.1 Å². The third-order valence-electron chi connectivity index (χ3n) is 7.22. The first-order valence-corrected chi connectivity index (χ1v) is 8.00. The van der Waals surface area contributed by atoms with Gasteiger partial charge in [0.05, 0.1) is 15.7 Å². The molecule has 17 heavy (non-hydrogen) atoms. The van der Waals surface area contributed by atoms with Crippen molar-refractivity contribution in [1.82, 2.24) is 0 Å². The molecule has 0 saturated heterocycles. The quantitative estimate of drug-likeness (QED) is 0.639. The van der Waals surface area contributed by atoms with Gasteiger partial charge >= 0.3 is 0 Å². The Hall–Kier alpha value is 0.130. The lowest BCUT2D eigenvalue weighted by atomic mass is 9.40. The van der Waals surface area contributed by atoms with Crippen LogP contribution < -0.4 is 0 Å². The lowest BCUT2D eigenvalue weighted by Crippen LogP contribution is -2.38. The van der Waals surface area contributed by atoms with Gasteiger partial charge in [0.1, 0.15) is 0 Å². The second-order valence-electron chi connectivity index (χ2n) is 8.15. The Kier molecular flexibility index (Phi) is 2.91. The summed E-state index contributed by atoms with van der Waals surface area (Å²) in [6.45, 7) is 4.85. The SMILES string of the molecule is BC(B)(C(C)C)C1CCC2C3CCC(C3)C2C1. The fourth-order valence-electron chi connectivity index (χ4n) is 5.33. The topological polar surface area (TPSA) is 0 Å². The van der Waals surface area contributed by atoms with Gasteiger partial charge in [-0.1, -0.05) is 31.4 Å². The van der Waals surface area contributed by atoms with Gasteiger partial charge in [-0.15, -0.1) is 0 Å². The summed E-state index contributed by atoms with van der Waals surface area (Å²) in [4.78, 5) is 0. The summed E-state index contributed by atoms with van der Waals surface area (Å²) in [5.74, 6) is 6.40. The van der Waals surface area contributed by atoms with Gasteiger partial charge in [-0.05, 0) is 61.7 Å². The second-order valence-corrected chi connectivity index (χ2v) is 8.15. The Bertz CT molecular complexity index is 297. The normalized spacial score (nSPS) is 45.2. The van der Waals surface area contributed by atoms with Crippen LogP contribution in [0.2, 0.25) is 5.21 Å². The average molecular weight is 230 g/mol. The Balaban J connectivity index is 1.72. The molecule has 0 aromatic heterocycles. The van der Waals surface area contributed by atoms with Crippen molar-refractivity contribution in [1.29, 1.82) is 0 Å². The summed E-state index contributed by atoms with van der Waals surface area (Å²) in [6.07, 6.45) is 9.40. The van der Waals surface area contributed by atoms with Crippen molar-refractivity contribution >= 4 is 15.7 Å². The number of hydrogen-bond donors (Lipinski definition) is 0. The van der Waals surface area contributed by atoms with Crippen molar-refractivity contribution in [3.8, 4) is 0 Å². The highest BCUT2D eigenvalue weighted by Crippen LogP contribution is 2.60. The Morgan fingerprint density at radius 2 is 1.53 bits per heavy atom. The first kappa shape index (κ1) is 12.2. The zero-order valence-corrected chi connectivity index (χ0v) is 12.2. The second kappa shape index (κ2) is 4.07. The summed E-state index contributed by atoms with van der Waals surface area (Å²) in [7, 11) is 5.05. The third kappa shape index (κ3) is 1.81. The van der Waals surface area contributed by atoms with Crippen LogP contribution in [0.1, 0.15) is 52.4 Å². The Labute approximate surface area is 109 Å². The molecule has 0 radical (unpaired) electrons. The van der Waals surface area contributed by atoms with Crippen molar-refractivity contribution in [2.24, 2.45) is 35.5 Å². The molecule has 94 valence electrons. The van der Waals surface area contributed by atoms with Gasteiger partial charge in [-0.25, -0.2) is 0 Å². The fourth-order valence-corrected chi connectivity index (χ4v) is 5.33. The van der Waals surface area contributed by atoms with E-state index in [0.717, 1.165) is 35.5 Å². The molecule has 0 nitrogen and oxygen atoms in total. The van der Waals surface area contributed by atoms with Gasteiger partial charge in [-0.2, -0.15) is 0 Å². The molecule has 3 saturated carbocycles. The van der Waals surface area contributed by atoms with Crippen LogP contribution >= 0.6 is 0 Å². The third-order valence-corrected chi connectivity index (χ3v) is 7.22. The molecule has 3 aliphatic carbocycles. The summed E-state index contributed by atoms with van der Waals surface area (Å²) >= 11 is 0. The van der Waals surface area contributed by atoms with E-state index >= 15 is 0 Å². The zero-order chi connectivity index (χ0) is 12.2. The zero-order valence-electron chi connectivity index (χ0n) is 12.2. The van der Waals surface area contributed by atoms with E-state index < -0.39 is 0 Å². The smallest absolute Gasteiger partial charge is 0.0796 e. The fraction of sp³-hybridized carbons (Fsp3) is 1.00. The van der Waals surface area contributed by atoms with Crippen LogP contribution in [0.5, 0.6) is 0 Å². The maximum Gasteiger partial charge on any atom is 0.0998 e. The van der Waals surface area contributed by atoms with Crippen LogP contribution in [-0.4, -0.2) is 15.7 Å². The van der Waals surface area contributed by atoms with Crippen LogP contribution in [0.4, 0.5) is 0 Å².